The predicted octanol–water partition coefficient (Wildman–Crippen LogP) is 4.61. The second-order valence-corrected chi connectivity index (χ2v) is 8.79. The van der Waals surface area contributed by atoms with E-state index in [4.69, 9.17) is 23.2 Å². The summed E-state index contributed by atoms with van der Waals surface area (Å²) < 4.78 is 2.77. The van der Waals surface area contributed by atoms with Crippen molar-refractivity contribution in [2.45, 2.75) is 32.5 Å². The zero-order valence-electron chi connectivity index (χ0n) is 18.3. The lowest BCUT2D eigenvalue weighted by molar-refractivity contribution is -0.121. The summed E-state index contributed by atoms with van der Waals surface area (Å²) in [6, 6.07) is 21.6. The van der Waals surface area contributed by atoms with Gasteiger partial charge in [0, 0.05) is 29.6 Å². The number of rotatable bonds is 8. The summed E-state index contributed by atoms with van der Waals surface area (Å²) in [7, 11) is 0. The molecule has 1 N–H and O–H groups in total. The van der Waals surface area contributed by atoms with E-state index in [1.807, 2.05) is 30.3 Å². The Kier molecular flexibility index (Phi) is 7.50. The van der Waals surface area contributed by atoms with Crippen LogP contribution in [-0.4, -0.2) is 15.0 Å². The molecule has 0 saturated carbocycles. The highest BCUT2D eigenvalue weighted by molar-refractivity contribution is 6.31. The van der Waals surface area contributed by atoms with E-state index in [0.717, 1.165) is 11.1 Å². The standard InChI is InChI=1S/C26H23Cl2N3O3/c27-20-9-5-7-18(15-20)17-31-23-12-4-2-10-21(23)25(33)30(26(31)34)14-6-13-24(32)29-16-19-8-1-3-11-22(19)28/h1-5,7-12,15H,6,13-14,16-17H2,(H,29,32). The molecule has 174 valence electrons. The van der Waals surface area contributed by atoms with Crippen LogP contribution in [0.3, 0.4) is 0 Å². The van der Waals surface area contributed by atoms with Crippen molar-refractivity contribution in [2.75, 3.05) is 0 Å². The summed E-state index contributed by atoms with van der Waals surface area (Å²) in [6.07, 6.45) is 0.524. The van der Waals surface area contributed by atoms with Crippen LogP contribution >= 0.6 is 23.2 Å². The summed E-state index contributed by atoms with van der Waals surface area (Å²) in [4.78, 5) is 38.6. The van der Waals surface area contributed by atoms with Crippen LogP contribution in [0.5, 0.6) is 0 Å². The summed E-state index contributed by atoms with van der Waals surface area (Å²) in [5, 5.41) is 4.44. The van der Waals surface area contributed by atoms with Gasteiger partial charge in [0.05, 0.1) is 17.4 Å². The first kappa shape index (κ1) is 23.8. The Morgan fingerprint density at radius 3 is 2.44 bits per heavy atom. The van der Waals surface area contributed by atoms with Gasteiger partial charge in [0.1, 0.15) is 0 Å². The Balaban J connectivity index is 1.52. The van der Waals surface area contributed by atoms with Gasteiger partial charge in [-0.05, 0) is 47.9 Å². The van der Waals surface area contributed by atoms with Gasteiger partial charge in [0.2, 0.25) is 5.91 Å². The molecule has 4 aromatic rings. The molecule has 0 spiro atoms. The Morgan fingerprint density at radius 1 is 0.882 bits per heavy atom. The minimum atomic E-state index is -0.417. The number of carbonyl (C=O) groups is 1. The Labute approximate surface area is 206 Å². The van der Waals surface area contributed by atoms with Crippen LogP contribution in [0, 0.1) is 0 Å². The van der Waals surface area contributed by atoms with Crippen LogP contribution in [0.4, 0.5) is 0 Å². The van der Waals surface area contributed by atoms with E-state index < -0.39 is 5.69 Å². The number of halogens is 2. The van der Waals surface area contributed by atoms with Crippen molar-refractivity contribution >= 4 is 40.0 Å². The topological polar surface area (TPSA) is 73.1 Å². The number of para-hydroxylation sites is 1. The quantitative estimate of drug-likeness (QED) is 0.387. The number of aromatic nitrogens is 2. The summed E-state index contributed by atoms with van der Waals surface area (Å²) in [5.74, 6) is -0.173. The number of fused-ring (bicyclic) bond motifs is 1. The van der Waals surface area contributed by atoms with Gasteiger partial charge >= 0.3 is 5.69 Å². The van der Waals surface area contributed by atoms with Crippen LogP contribution in [0.2, 0.25) is 10.0 Å². The average molecular weight is 496 g/mol. The van der Waals surface area contributed by atoms with Crippen molar-refractivity contribution in [3.8, 4) is 0 Å². The molecule has 3 aromatic carbocycles. The summed E-state index contributed by atoms with van der Waals surface area (Å²) >= 11 is 12.2. The van der Waals surface area contributed by atoms with E-state index in [1.165, 1.54) is 4.57 Å². The Bertz CT molecular complexity index is 1460. The van der Waals surface area contributed by atoms with E-state index in [1.54, 1.807) is 47.0 Å². The van der Waals surface area contributed by atoms with Crippen LogP contribution in [0.15, 0.2) is 82.4 Å². The first-order chi connectivity index (χ1) is 16.4. The minimum absolute atomic E-state index is 0.136. The number of hydrogen-bond acceptors (Lipinski definition) is 3. The molecule has 1 amide bonds. The fourth-order valence-electron chi connectivity index (χ4n) is 3.86. The van der Waals surface area contributed by atoms with Crippen LogP contribution in [0.25, 0.3) is 10.9 Å². The largest absolute Gasteiger partial charge is 0.352 e. The van der Waals surface area contributed by atoms with E-state index >= 15 is 0 Å². The molecule has 0 aliphatic heterocycles. The highest BCUT2D eigenvalue weighted by atomic mass is 35.5. The summed E-state index contributed by atoms with van der Waals surface area (Å²) in [6.45, 7) is 0.733. The fourth-order valence-corrected chi connectivity index (χ4v) is 4.28. The minimum Gasteiger partial charge on any atom is -0.352 e. The van der Waals surface area contributed by atoms with E-state index in [2.05, 4.69) is 5.32 Å². The van der Waals surface area contributed by atoms with Crippen LogP contribution in [-0.2, 0) is 24.4 Å². The van der Waals surface area contributed by atoms with Crippen LogP contribution < -0.4 is 16.6 Å². The molecule has 4 rings (SSSR count). The van der Waals surface area contributed by atoms with Crippen molar-refractivity contribution in [3.63, 3.8) is 0 Å². The number of benzene rings is 3. The molecular weight excluding hydrogens is 473 g/mol. The molecule has 34 heavy (non-hydrogen) atoms. The van der Waals surface area contributed by atoms with Crippen molar-refractivity contribution in [3.05, 3.63) is 115 Å². The zero-order valence-corrected chi connectivity index (χ0v) is 19.9. The van der Waals surface area contributed by atoms with Gasteiger partial charge in [-0.25, -0.2) is 4.79 Å². The maximum Gasteiger partial charge on any atom is 0.331 e. The molecule has 0 bridgehead atoms. The maximum atomic E-state index is 13.3. The molecule has 6 nitrogen and oxygen atoms in total. The van der Waals surface area contributed by atoms with E-state index in [9.17, 15) is 14.4 Å². The van der Waals surface area contributed by atoms with Crippen molar-refractivity contribution in [1.29, 1.82) is 0 Å². The van der Waals surface area contributed by atoms with Crippen molar-refractivity contribution < 1.29 is 4.79 Å². The third-order valence-corrected chi connectivity index (χ3v) is 6.19. The van der Waals surface area contributed by atoms with Gasteiger partial charge in [-0.2, -0.15) is 0 Å². The van der Waals surface area contributed by atoms with Gasteiger partial charge in [-0.3, -0.25) is 18.7 Å². The van der Waals surface area contributed by atoms with Crippen LogP contribution in [0.1, 0.15) is 24.0 Å². The fraction of sp³-hybridized carbons (Fsp3) is 0.192. The zero-order chi connectivity index (χ0) is 24.1. The average Bonchev–Trinajstić information content (AvgIpc) is 2.83. The first-order valence-corrected chi connectivity index (χ1v) is 11.7. The number of nitrogens with one attached hydrogen (secondary N) is 1. The summed E-state index contributed by atoms with van der Waals surface area (Å²) in [5.41, 5.74) is 1.46. The molecule has 0 atom stereocenters. The third-order valence-electron chi connectivity index (χ3n) is 5.58. The second-order valence-electron chi connectivity index (χ2n) is 7.94. The highest BCUT2D eigenvalue weighted by Gasteiger charge is 2.14. The predicted molar refractivity (Wildman–Crippen MR) is 136 cm³/mol. The van der Waals surface area contributed by atoms with Gasteiger partial charge in [-0.1, -0.05) is 65.7 Å². The highest BCUT2D eigenvalue weighted by Crippen LogP contribution is 2.15. The van der Waals surface area contributed by atoms with Gasteiger partial charge in [0.25, 0.3) is 5.56 Å². The van der Waals surface area contributed by atoms with Crippen molar-refractivity contribution in [2.24, 2.45) is 0 Å². The second kappa shape index (κ2) is 10.7. The number of carbonyl (C=O) groups excluding carboxylic acids is 1. The number of hydrogen-bond donors (Lipinski definition) is 1. The normalized spacial score (nSPS) is 11.0. The maximum absolute atomic E-state index is 13.3. The molecule has 1 heterocycles. The van der Waals surface area contributed by atoms with E-state index in [0.29, 0.717) is 33.9 Å². The lowest BCUT2D eigenvalue weighted by atomic mass is 10.2. The lowest BCUT2D eigenvalue weighted by Crippen LogP contribution is -2.40. The van der Waals surface area contributed by atoms with Gasteiger partial charge in [0.15, 0.2) is 0 Å². The number of nitrogens with zero attached hydrogens (tertiary/aromatic N) is 2. The lowest BCUT2D eigenvalue weighted by Gasteiger charge is -2.14. The van der Waals surface area contributed by atoms with E-state index in [-0.39, 0.29) is 31.0 Å². The first-order valence-electron chi connectivity index (χ1n) is 10.9. The van der Waals surface area contributed by atoms with Gasteiger partial charge in [-0.15, -0.1) is 0 Å². The molecule has 0 fully saturated rings. The molecule has 0 saturated heterocycles. The third kappa shape index (κ3) is 5.41. The SMILES string of the molecule is O=C(CCCn1c(=O)c2ccccc2n(Cc2cccc(Cl)c2)c1=O)NCc1ccccc1Cl. The molecule has 0 aliphatic rings. The molecule has 1 aromatic heterocycles. The molecule has 0 aliphatic carbocycles. The smallest absolute Gasteiger partial charge is 0.331 e. The monoisotopic (exact) mass is 495 g/mol. The molecule has 0 unspecified atom stereocenters. The molecular formula is C26H23Cl2N3O3. The van der Waals surface area contributed by atoms with Crippen molar-refractivity contribution in [1.82, 2.24) is 14.5 Å². The Morgan fingerprint density at radius 2 is 1.65 bits per heavy atom. The molecule has 8 heteroatoms. The van der Waals surface area contributed by atoms with Gasteiger partial charge < -0.3 is 5.32 Å². The molecule has 0 radical (unpaired) electrons. The Hall–Kier alpha value is -3.35. The number of amides is 1.